The number of fused-ring (bicyclic) bond motifs is 8. The molecule has 0 aliphatic heterocycles. The SMILES string of the molecule is C/C=C\c1c(C)sc2c3cccc4c5sc6ccccc6c5c5ccc(c12)n5c34. The Balaban J connectivity index is 1.90. The normalized spacial score (nSPS) is 13.0. The molecular formula is C26H17NS2. The molecule has 0 spiro atoms. The lowest BCUT2D eigenvalue weighted by molar-refractivity contribution is 1.37. The average molecular weight is 408 g/mol. The molecule has 0 radical (unpaired) electrons. The molecule has 138 valence electrons. The number of allylic oxidation sites excluding steroid dienone is 1. The first-order valence-corrected chi connectivity index (χ1v) is 11.6. The molecule has 0 N–H and O–H groups in total. The zero-order valence-electron chi connectivity index (χ0n) is 16.1. The standard InChI is InChI=1S/C26H17NS2/c1-3-7-15-14(2)28-25-17-9-6-10-18-24(17)27-19(22(15)25)12-13-20(27)23-16-8-4-5-11-21(16)29-26(18)23/h3-13H,1-2H3/b7-3-. The van der Waals surface area contributed by atoms with Gasteiger partial charge in [-0.1, -0.05) is 48.6 Å². The van der Waals surface area contributed by atoms with Crippen LogP contribution in [0.25, 0.3) is 63.7 Å². The molecule has 0 saturated heterocycles. The van der Waals surface area contributed by atoms with Gasteiger partial charge < -0.3 is 4.40 Å². The summed E-state index contributed by atoms with van der Waals surface area (Å²) < 4.78 is 6.71. The van der Waals surface area contributed by atoms with Crippen LogP contribution in [0.2, 0.25) is 0 Å². The molecule has 1 nitrogen and oxygen atoms in total. The van der Waals surface area contributed by atoms with Crippen LogP contribution in [0.15, 0.2) is 60.7 Å². The quantitative estimate of drug-likeness (QED) is 0.256. The molecule has 7 rings (SSSR count). The van der Waals surface area contributed by atoms with Gasteiger partial charge in [0, 0.05) is 45.9 Å². The monoisotopic (exact) mass is 407 g/mol. The summed E-state index contributed by atoms with van der Waals surface area (Å²) in [4.78, 5) is 1.39. The lowest BCUT2D eigenvalue weighted by atomic mass is 10.0. The van der Waals surface area contributed by atoms with E-state index in [0.717, 1.165) is 0 Å². The number of rotatable bonds is 1. The predicted molar refractivity (Wildman–Crippen MR) is 131 cm³/mol. The van der Waals surface area contributed by atoms with Gasteiger partial charge in [0.1, 0.15) is 0 Å². The van der Waals surface area contributed by atoms with Crippen molar-refractivity contribution < 1.29 is 0 Å². The van der Waals surface area contributed by atoms with Crippen LogP contribution < -0.4 is 0 Å². The maximum Gasteiger partial charge on any atom is 0.0635 e. The highest BCUT2D eigenvalue weighted by Crippen LogP contribution is 2.47. The molecule has 0 bridgehead atoms. The molecule has 29 heavy (non-hydrogen) atoms. The molecule has 0 aliphatic rings. The number of para-hydroxylation sites is 1. The molecule has 5 aromatic heterocycles. The third kappa shape index (κ3) is 1.81. The van der Waals surface area contributed by atoms with E-state index in [2.05, 4.69) is 85.0 Å². The maximum absolute atomic E-state index is 2.52. The van der Waals surface area contributed by atoms with Crippen molar-refractivity contribution in [2.24, 2.45) is 0 Å². The molecule has 0 aliphatic carbocycles. The van der Waals surface area contributed by atoms with Crippen LogP contribution in [0.4, 0.5) is 0 Å². The van der Waals surface area contributed by atoms with Gasteiger partial charge in [-0.25, -0.2) is 0 Å². The van der Waals surface area contributed by atoms with Crippen molar-refractivity contribution in [2.45, 2.75) is 13.8 Å². The van der Waals surface area contributed by atoms with Crippen LogP contribution in [0.1, 0.15) is 17.4 Å². The van der Waals surface area contributed by atoms with E-state index >= 15 is 0 Å². The summed E-state index contributed by atoms with van der Waals surface area (Å²) in [6.07, 6.45) is 4.43. The van der Waals surface area contributed by atoms with Gasteiger partial charge in [-0.3, -0.25) is 0 Å². The topological polar surface area (TPSA) is 4.41 Å². The van der Waals surface area contributed by atoms with Crippen molar-refractivity contribution in [3.63, 3.8) is 0 Å². The highest BCUT2D eigenvalue weighted by molar-refractivity contribution is 7.27. The molecule has 7 aromatic rings. The van der Waals surface area contributed by atoms with Gasteiger partial charge in [-0.05, 0) is 37.6 Å². The van der Waals surface area contributed by atoms with Gasteiger partial charge in [0.2, 0.25) is 0 Å². The zero-order valence-corrected chi connectivity index (χ0v) is 17.7. The van der Waals surface area contributed by atoms with E-state index < -0.39 is 0 Å². The molecule has 3 heteroatoms. The van der Waals surface area contributed by atoms with Gasteiger partial charge in [-0.15, -0.1) is 22.7 Å². The summed E-state index contributed by atoms with van der Waals surface area (Å²) in [5.74, 6) is 0. The fourth-order valence-electron chi connectivity index (χ4n) is 5.08. The van der Waals surface area contributed by atoms with Gasteiger partial charge in [0.05, 0.1) is 16.6 Å². The molecule has 0 amide bonds. The second-order valence-corrected chi connectivity index (χ2v) is 10.00. The predicted octanol–water partition coefficient (Wildman–Crippen LogP) is 8.61. The van der Waals surface area contributed by atoms with E-state index in [9.17, 15) is 0 Å². The Hall–Kier alpha value is -2.88. The molecule has 2 aromatic carbocycles. The summed E-state index contributed by atoms with van der Waals surface area (Å²) in [5, 5.41) is 6.89. The molecule has 0 saturated carbocycles. The Kier molecular flexibility index (Phi) is 2.96. The van der Waals surface area contributed by atoms with Crippen LogP contribution in [0.5, 0.6) is 0 Å². The van der Waals surface area contributed by atoms with Crippen molar-refractivity contribution in [2.75, 3.05) is 0 Å². The molecule has 5 heterocycles. The van der Waals surface area contributed by atoms with Crippen molar-refractivity contribution >= 4 is 86.3 Å². The number of benzene rings is 2. The lowest BCUT2D eigenvalue weighted by Crippen LogP contribution is -1.93. The smallest absolute Gasteiger partial charge is 0.0635 e. The fourth-order valence-corrected chi connectivity index (χ4v) is 7.49. The second-order valence-electron chi connectivity index (χ2n) is 7.72. The van der Waals surface area contributed by atoms with E-state index in [1.165, 1.54) is 68.0 Å². The Labute approximate surface area is 175 Å². The zero-order chi connectivity index (χ0) is 19.3. The summed E-state index contributed by atoms with van der Waals surface area (Å²) in [7, 11) is 0. The van der Waals surface area contributed by atoms with E-state index in [1.807, 2.05) is 22.7 Å². The Morgan fingerprint density at radius 1 is 0.759 bits per heavy atom. The number of hydrogen-bond acceptors (Lipinski definition) is 2. The van der Waals surface area contributed by atoms with Gasteiger partial charge in [0.15, 0.2) is 0 Å². The van der Waals surface area contributed by atoms with Gasteiger partial charge in [-0.2, -0.15) is 0 Å². The highest BCUT2D eigenvalue weighted by Gasteiger charge is 2.22. The fraction of sp³-hybridized carbons (Fsp3) is 0.0769. The van der Waals surface area contributed by atoms with Crippen molar-refractivity contribution in [3.8, 4) is 0 Å². The van der Waals surface area contributed by atoms with E-state index in [-0.39, 0.29) is 0 Å². The first-order valence-electron chi connectivity index (χ1n) is 9.92. The minimum atomic E-state index is 1.33. The minimum Gasteiger partial charge on any atom is -0.308 e. The van der Waals surface area contributed by atoms with E-state index in [4.69, 9.17) is 0 Å². The lowest BCUT2D eigenvalue weighted by Gasteiger charge is -2.13. The first kappa shape index (κ1) is 16.0. The van der Waals surface area contributed by atoms with Crippen LogP contribution in [0, 0.1) is 6.92 Å². The summed E-state index contributed by atoms with van der Waals surface area (Å²) >= 11 is 3.85. The number of nitrogens with zero attached hydrogens (tertiary/aromatic N) is 1. The van der Waals surface area contributed by atoms with E-state index in [0.29, 0.717) is 0 Å². The number of thiophene rings is 2. The molecule has 0 fully saturated rings. The third-order valence-electron chi connectivity index (χ3n) is 6.20. The number of pyridine rings is 2. The molecular weight excluding hydrogens is 390 g/mol. The van der Waals surface area contributed by atoms with Crippen LogP contribution in [0.3, 0.4) is 0 Å². The Morgan fingerprint density at radius 3 is 2.24 bits per heavy atom. The minimum absolute atomic E-state index is 1.33. The third-order valence-corrected chi connectivity index (χ3v) is 8.56. The molecule has 0 unspecified atom stereocenters. The van der Waals surface area contributed by atoms with Crippen LogP contribution in [-0.2, 0) is 0 Å². The largest absolute Gasteiger partial charge is 0.308 e. The maximum atomic E-state index is 2.52. The number of aryl methyl sites for hydroxylation is 1. The summed E-state index contributed by atoms with van der Waals surface area (Å²) in [6.45, 7) is 4.36. The van der Waals surface area contributed by atoms with Crippen molar-refractivity contribution in [3.05, 3.63) is 71.1 Å². The van der Waals surface area contributed by atoms with E-state index in [1.54, 1.807) is 0 Å². The highest BCUT2D eigenvalue weighted by atomic mass is 32.1. The number of aromatic nitrogens is 1. The van der Waals surface area contributed by atoms with Crippen LogP contribution >= 0.6 is 22.7 Å². The average Bonchev–Trinajstić information content (AvgIpc) is 3.42. The van der Waals surface area contributed by atoms with Crippen molar-refractivity contribution in [1.82, 2.24) is 4.40 Å². The van der Waals surface area contributed by atoms with Gasteiger partial charge in [0.25, 0.3) is 0 Å². The van der Waals surface area contributed by atoms with Gasteiger partial charge >= 0.3 is 0 Å². The number of hydrogen-bond donors (Lipinski definition) is 0. The Morgan fingerprint density at radius 2 is 1.45 bits per heavy atom. The second kappa shape index (κ2) is 5.38. The Bertz CT molecular complexity index is 1770. The molecule has 0 atom stereocenters. The van der Waals surface area contributed by atoms with Crippen molar-refractivity contribution in [1.29, 1.82) is 0 Å². The first-order chi connectivity index (χ1) is 14.3. The summed E-state index contributed by atoms with van der Waals surface area (Å²) in [6, 6.07) is 20.3. The summed E-state index contributed by atoms with van der Waals surface area (Å²) in [5.41, 5.74) is 5.38. The van der Waals surface area contributed by atoms with Crippen LogP contribution in [-0.4, -0.2) is 4.40 Å².